The van der Waals surface area contributed by atoms with Gasteiger partial charge in [0.25, 0.3) is 0 Å². The highest BCUT2D eigenvalue weighted by molar-refractivity contribution is 5.79. The highest BCUT2D eigenvalue weighted by atomic mass is 16.5. The fourth-order valence-corrected chi connectivity index (χ4v) is 2.03. The van der Waals surface area contributed by atoms with Crippen molar-refractivity contribution in [2.45, 2.75) is 32.6 Å². The quantitative estimate of drug-likeness (QED) is 0.436. The minimum atomic E-state index is 0.841. The van der Waals surface area contributed by atoms with E-state index in [0.717, 1.165) is 31.2 Å². The topological polar surface area (TPSA) is 45.7 Å². The van der Waals surface area contributed by atoms with E-state index in [1.165, 1.54) is 24.8 Å². The number of ether oxygens (including phenoxy) is 1. The molecular formula is C16H27N3O. The average molecular weight is 277 g/mol. The van der Waals surface area contributed by atoms with Crippen LogP contribution in [0.3, 0.4) is 0 Å². The molecule has 0 spiro atoms. The van der Waals surface area contributed by atoms with E-state index in [-0.39, 0.29) is 0 Å². The van der Waals surface area contributed by atoms with Crippen LogP contribution >= 0.6 is 0 Å². The van der Waals surface area contributed by atoms with E-state index in [2.05, 4.69) is 28.6 Å². The van der Waals surface area contributed by atoms with Crippen molar-refractivity contribution in [2.24, 2.45) is 4.99 Å². The first kappa shape index (κ1) is 16.3. The average Bonchev–Trinajstić information content (AvgIpc) is 2.50. The van der Waals surface area contributed by atoms with Gasteiger partial charge in [0.1, 0.15) is 5.75 Å². The summed E-state index contributed by atoms with van der Waals surface area (Å²) in [6.45, 7) is 4.02. The molecular weight excluding hydrogens is 250 g/mol. The molecule has 0 atom stereocenters. The van der Waals surface area contributed by atoms with Crippen molar-refractivity contribution < 1.29 is 4.74 Å². The van der Waals surface area contributed by atoms with Crippen LogP contribution in [0, 0.1) is 0 Å². The lowest BCUT2D eigenvalue weighted by atomic mass is 10.1. The number of rotatable bonds is 8. The number of nitrogens with one attached hydrogen (secondary N) is 2. The Morgan fingerprint density at radius 3 is 2.60 bits per heavy atom. The third-order valence-electron chi connectivity index (χ3n) is 3.18. The van der Waals surface area contributed by atoms with Gasteiger partial charge in [-0.15, -0.1) is 0 Å². The number of unbranched alkanes of at least 4 members (excludes halogenated alkanes) is 2. The van der Waals surface area contributed by atoms with Gasteiger partial charge in [0.15, 0.2) is 5.96 Å². The Balaban J connectivity index is 2.31. The second kappa shape index (κ2) is 10.1. The van der Waals surface area contributed by atoms with Crippen LogP contribution in [0.25, 0.3) is 0 Å². The van der Waals surface area contributed by atoms with Crippen molar-refractivity contribution in [1.82, 2.24) is 10.6 Å². The molecule has 2 N–H and O–H groups in total. The zero-order valence-electron chi connectivity index (χ0n) is 12.9. The zero-order chi connectivity index (χ0) is 14.6. The van der Waals surface area contributed by atoms with E-state index < -0.39 is 0 Å². The van der Waals surface area contributed by atoms with Crippen LogP contribution in [0.15, 0.2) is 29.3 Å². The van der Waals surface area contributed by atoms with Gasteiger partial charge in [0, 0.05) is 20.1 Å². The van der Waals surface area contributed by atoms with Crippen molar-refractivity contribution in [2.75, 3.05) is 27.2 Å². The molecule has 0 saturated heterocycles. The molecule has 0 amide bonds. The maximum Gasteiger partial charge on any atom is 0.190 e. The second-order valence-corrected chi connectivity index (χ2v) is 4.69. The highest BCUT2D eigenvalue weighted by Crippen LogP contribution is 2.17. The summed E-state index contributed by atoms with van der Waals surface area (Å²) in [6, 6.07) is 8.12. The Hall–Kier alpha value is -1.71. The van der Waals surface area contributed by atoms with Crippen LogP contribution in [0.1, 0.15) is 31.7 Å². The van der Waals surface area contributed by atoms with Crippen molar-refractivity contribution in [3.63, 3.8) is 0 Å². The Morgan fingerprint density at radius 1 is 1.15 bits per heavy atom. The molecule has 0 aliphatic carbocycles. The first-order valence-electron chi connectivity index (χ1n) is 7.38. The Morgan fingerprint density at radius 2 is 1.90 bits per heavy atom. The summed E-state index contributed by atoms with van der Waals surface area (Å²) in [5, 5.41) is 6.66. The van der Waals surface area contributed by atoms with Crippen LogP contribution < -0.4 is 15.4 Å². The lowest BCUT2D eigenvalue weighted by Crippen LogP contribution is -2.38. The number of guanidine groups is 1. The molecule has 0 bridgehead atoms. The second-order valence-electron chi connectivity index (χ2n) is 4.69. The Kier molecular flexibility index (Phi) is 8.27. The van der Waals surface area contributed by atoms with Gasteiger partial charge in [-0.2, -0.15) is 0 Å². The Labute approximate surface area is 122 Å². The molecule has 0 fully saturated rings. The highest BCUT2D eigenvalue weighted by Gasteiger charge is 2.02. The number of nitrogens with zero attached hydrogens (tertiary/aromatic N) is 1. The summed E-state index contributed by atoms with van der Waals surface area (Å²) in [6.07, 6.45) is 4.59. The molecule has 112 valence electrons. The lowest BCUT2D eigenvalue weighted by molar-refractivity contribution is 0.409. The van der Waals surface area contributed by atoms with Gasteiger partial charge in [-0.25, -0.2) is 0 Å². The molecule has 0 heterocycles. The summed E-state index contributed by atoms with van der Waals surface area (Å²) in [5.41, 5.74) is 1.21. The van der Waals surface area contributed by atoms with Gasteiger partial charge in [-0.05, 0) is 24.5 Å². The van der Waals surface area contributed by atoms with Crippen LogP contribution in [-0.4, -0.2) is 33.2 Å². The van der Waals surface area contributed by atoms with Crippen LogP contribution in [-0.2, 0) is 6.42 Å². The van der Waals surface area contributed by atoms with Crippen LogP contribution in [0.5, 0.6) is 5.75 Å². The molecule has 1 aromatic carbocycles. The molecule has 1 rings (SSSR count). The number of benzene rings is 1. The molecule has 0 unspecified atom stereocenters. The van der Waals surface area contributed by atoms with E-state index in [1.54, 1.807) is 14.2 Å². The minimum absolute atomic E-state index is 0.841. The molecule has 0 radical (unpaired) electrons. The number of methoxy groups -OCH3 is 1. The van der Waals surface area contributed by atoms with E-state index in [4.69, 9.17) is 4.74 Å². The predicted octanol–water partition coefficient (Wildman–Crippen LogP) is 2.59. The summed E-state index contributed by atoms with van der Waals surface area (Å²) in [5.74, 6) is 1.82. The molecule has 0 saturated carbocycles. The number of para-hydroxylation sites is 1. The van der Waals surface area contributed by atoms with Crippen LogP contribution in [0.4, 0.5) is 0 Å². The molecule has 0 aromatic heterocycles. The van der Waals surface area contributed by atoms with E-state index >= 15 is 0 Å². The van der Waals surface area contributed by atoms with Crippen molar-refractivity contribution in [1.29, 1.82) is 0 Å². The van der Waals surface area contributed by atoms with Crippen LogP contribution in [0.2, 0.25) is 0 Å². The first-order valence-corrected chi connectivity index (χ1v) is 7.38. The summed E-state index contributed by atoms with van der Waals surface area (Å²) < 4.78 is 5.35. The minimum Gasteiger partial charge on any atom is -0.496 e. The molecule has 0 aliphatic heterocycles. The maximum atomic E-state index is 5.35. The van der Waals surface area contributed by atoms with E-state index in [9.17, 15) is 0 Å². The van der Waals surface area contributed by atoms with Crippen molar-refractivity contribution >= 4 is 5.96 Å². The predicted molar refractivity (Wildman–Crippen MR) is 85.6 cm³/mol. The van der Waals surface area contributed by atoms with E-state index in [0.29, 0.717) is 0 Å². The van der Waals surface area contributed by atoms with Crippen molar-refractivity contribution in [3.05, 3.63) is 29.8 Å². The summed E-state index contributed by atoms with van der Waals surface area (Å²) in [4.78, 5) is 4.22. The lowest BCUT2D eigenvalue weighted by Gasteiger charge is -2.12. The van der Waals surface area contributed by atoms with Crippen molar-refractivity contribution in [3.8, 4) is 5.75 Å². The normalized spacial score (nSPS) is 11.2. The number of aliphatic imine (C=N–C) groups is 1. The summed E-state index contributed by atoms with van der Waals surface area (Å²) >= 11 is 0. The fraction of sp³-hybridized carbons (Fsp3) is 0.562. The third-order valence-corrected chi connectivity index (χ3v) is 3.18. The fourth-order valence-electron chi connectivity index (χ4n) is 2.03. The van der Waals surface area contributed by atoms with Gasteiger partial charge >= 0.3 is 0 Å². The van der Waals surface area contributed by atoms with Gasteiger partial charge in [0.2, 0.25) is 0 Å². The van der Waals surface area contributed by atoms with Gasteiger partial charge in [-0.1, -0.05) is 38.0 Å². The largest absolute Gasteiger partial charge is 0.496 e. The SMILES string of the molecule is CCCCCNC(=NC)NCCc1ccccc1OC. The third kappa shape index (κ3) is 5.95. The number of hydrogen-bond acceptors (Lipinski definition) is 2. The smallest absolute Gasteiger partial charge is 0.190 e. The molecule has 1 aromatic rings. The van der Waals surface area contributed by atoms with Gasteiger partial charge < -0.3 is 15.4 Å². The molecule has 0 aliphatic rings. The monoisotopic (exact) mass is 277 g/mol. The molecule has 4 nitrogen and oxygen atoms in total. The first-order chi connectivity index (χ1) is 9.81. The van der Waals surface area contributed by atoms with E-state index in [1.807, 2.05) is 18.2 Å². The van der Waals surface area contributed by atoms with Gasteiger partial charge in [0.05, 0.1) is 7.11 Å². The maximum absolute atomic E-state index is 5.35. The standard InChI is InChI=1S/C16H27N3O/c1-4-5-8-12-18-16(17-2)19-13-11-14-9-6-7-10-15(14)20-3/h6-7,9-10H,4-5,8,11-13H2,1-3H3,(H2,17,18,19). The molecule has 4 heteroatoms. The summed E-state index contributed by atoms with van der Waals surface area (Å²) in [7, 11) is 3.51. The van der Waals surface area contributed by atoms with Gasteiger partial charge in [-0.3, -0.25) is 4.99 Å². The zero-order valence-corrected chi connectivity index (χ0v) is 12.9. The molecule has 20 heavy (non-hydrogen) atoms. The Bertz CT molecular complexity index is 404. The number of hydrogen-bond donors (Lipinski definition) is 2.